The molecule has 2 aromatic carbocycles. The molecule has 0 saturated carbocycles. The maximum Gasteiger partial charge on any atom is 0.196 e. The number of benzene rings is 2. The number of hydrogen-bond acceptors (Lipinski definition) is 6. The predicted octanol–water partition coefficient (Wildman–Crippen LogP) is 2.86. The molecule has 0 saturated heterocycles. The monoisotopic (exact) mass is 354 g/mol. The van der Waals surface area contributed by atoms with Gasteiger partial charge in [-0.3, -0.25) is 9.59 Å². The molecule has 6 heteroatoms. The van der Waals surface area contributed by atoms with Gasteiger partial charge >= 0.3 is 0 Å². The highest BCUT2D eigenvalue weighted by Gasteiger charge is 2.33. The summed E-state index contributed by atoms with van der Waals surface area (Å²) in [5.41, 5.74) is 8.17. The van der Waals surface area contributed by atoms with Crippen molar-refractivity contribution in [3.8, 4) is 0 Å². The highest BCUT2D eigenvalue weighted by atomic mass is 16.7. The molecule has 2 aromatic rings. The molecule has 136 valence electrons. The van der Waals surface area contributed by atoms with Gasteiger partial charge in [-0.25, -0.2) is 0 Å². The van der Waals surface area contributed by atoms with Gasteiger partial charge < -0.3 is 20.5 Å². The number of rotatable bonds is 7. The van der Waals surface area contributed by atoms with E-state index in [0.29, 0.717) is 47.8 Å². The van der Waals surface area contributed by atoms with Gasteiger partial charge in [0.2, 0.25) is 0 Å². The Labute approximate surface area is 152 Å². The molecular weight excluding hydrogens is 332 g/mol. The number of fused-ring (bicyclic) bond motifs is 2. The average Bonchev–Trinajstić information content (AvgIpc) is 2.64. The van der Waals surface area contributed by atoms with E-state index in [9.17, 15) is 9.59 Å². The summed E-state index contributed by atoms with van der Waals surface area (Å²) >= 11 is 0. The van der Waals surface area contributed by atoms with Crippen LogP contribution in [0, 0.1) is 0 Å². The van der Waals surface area contributed by atoms with E-state index in [2.05, 4.69) is 5.32 Å². The summed E-state index contributed by atoms with van der Waals surface area (Å²) in [7, 11) is 0. The quantitative estimate of drug-likeness (QED) is 0.501. The van der Waals surface area contributed by atoms with Crippen molar-refractivity contribution in [3.63, 3.8) is 0 Å². The molecule has 0 spiro atoms. The molecule has 1 aliphatic carbocycles. The Morgan fingerprint density at radius 1 is 0.923 bits per heavy atom. The van der Waals surface area contributed by atoms with Crippen molar-refractivity contribution in [3.05, 3.63) is 58.7 Å². The zero-order valence-corrected chi connectivity index (χ0v) is 14.9. The van der Waals surface area contributed by atoms with Crippen molar-refractivity contribution in [2.45, 2.75) is 20.1 Å². The van der Waals surface area contributed by atoms with Crippen LogP contribution in [0.25, 0.3) is 0 Å². The summed E-state index contributed by atoms with van der Waals surface area (Å²) in [4.78, 5) is 25.9. The Hall–Kier alpha value is -2.70. The smallest absolute Gasteiger partial charge is 0.196 e. The molecule has 0 radical (unpaired) electrons. The van der Waals surface area contributed by atoms with E-state index < -0.39 is 6.29 Å². The van der Waals surface area contributed by atoms with Crippen molar-refractivity contribution < 1.29 is 19.1 Å². The molecule has 0 amide bonds. The lowest BCUT2D eigenvalue weighted by atomic mass is 9.82. The van der Waals surface area contributed by atoms with E-state index in [1.807, 2.05) is 13.8 Å². The molecule has 26 heavy (non-hydrogen) atoms. The normalized spacial score (nSPS) is 12.9. The minimum atomic E-state index is -0.432. The first kappa shape index (κ1) is 18.1. The molecule has 0 aromatic heterocycles. The van der Waals surface area contributed by atoms with Crippen LogP contribution in [0.3, 0.4) is 0 Å². The zero-order chi connectivity index (χ0) is 18.7. The fraction of sp³-hybridized carbons (Fsp3) is 0.300. The summed E-state index contributed by atoms with van der Waals surface area (Å²) in [6.45, 7) is 5.18. The van der Waals surface area contributed by atoms with Crippen LogP contribution < -0.4 is 11.1 Å². The van der Waals surface area contributed by atoms with Gasteiger partial charge in [0.15, 0.2) is 17.9 Å². The van der Waals surface area contributed by atoms with Gasteiger partial charge in [-0.05, 0) is 26.0 Å². The molecular formula is C20H22N2O4. The van der Waals surface area contributed by atoms with E-state index in [4.69, 9.17) is 15.2 Å². The summed E-state index contributed by atoms with van der Waals surface area (Å²) in [5.74, 6) is -0.447. The van der Waals surface area contributed by atoms with Crippen LogP contribution in [0.2, 0.25) is 0 Å². The highest BCUT2D eigenvalue weighted by molar-refractivity contribution is 6.31. The zero-order valence-electron chi connectivity index (χ0n) is 14.9. The van der Waals surface area contributed by atoms with Gasteiger partial charge in [0.1, 0.15) is 0 Å². The van der Waals surface area contributed by atoms with Crippen molar-refractivity contribution in [2.24, 2.45) is 0 Å². The topological polar surface area (TPSA) is 90.6 Å². The molecule has 1 aliphatic rings. The number of carbonyl (C=O) groups excluding carboxylic acids is 2. The Kier molecular flexibility index (Phi) is 5.35. The molecule has 0 atom stereocenters. The van der Waals surface area contributed by atoms with Crippen LogP contribution in [0.4, 0.5) is 11.4 Å². The van der Waals surface area contributed by atoms with Gasteiger partial charge in [-0.1, -0.05) is 24.3 Å². The third-order valence-corrected chi connectivity index (χ3v) is 4.27. The van der Waals surface area contributed by atoms with Crippen molar-refractivity contribution in [1.29, 1.82) is 0 Å². The standard InChI is InChI=1S/C20H22N2O4/c1-3-25-16(26-4-2)11-22-15-10-6-8-13-18(15)20(24)12-7-5-9-14(21)17(12)19(13)23/h5-10,16,22H,3-4,11,21H2,1-2H3. The van der Waals surface area contributed by atoms with E-state index in [1.165, 1.54) is 0 Å². The Bertz CT molecular complexity index is 842. The number of nitrogens with two attached hydrogens (primary N) is 1. The third kappa shape index (κ3) is 3.21. The summed E-state index contributed by atoms with van der Waals surface area (Å²) < 4.78 is 11.0. The first-order valence-electron chi connectivity index (χ1n) is 8.66. The Morgan fingerprint density at radius 2 is 1.50 bits per heavy atom. The van der Waals surface area contributed by atoms with Crippen LogP contribution in [0.5, 0.6) is 0 Å². The van der Waals surface area contributed by atoms with Gasteiger partial charge in [-0.15, -0.1) is 0 Å². The van der Waals surface area contributed by atoms with Crippen LogP contribution in [-0.2, 0) is 9.47 Å². The van der Waals surface area contributed by atoms with Crippen LogP contribution in [0.15, 0.2) is 36.4 Å². The number of ether oxygens (including phenoxy) is 2. The lowest BCUT2D eigenvalue weighted by Gasteiger charge is -2.23. The fourth-order valence-electron chi connectivity index (χ4n) is 3.15. The molecule has 0 heterocycles. The number of carbonyl (C=O) groups is 2. The van der Waals surface area contributed by atoms with Crippen LogP contribution in [-0.4, -0.2) is 37.6 Å². The van der Waals surface area contributed by atoms with Crippen LogP contribution >= 0.6 is 0 Å². The van der Waals surface area contributed by atoms with Gasteiger partial charge in [-0.2, -0.15) is 0 Å². The molecule has 0 bridgehead atoms. The maximum atomic E-state index is 13.0. The Morgan fingerprint density at radius 3 is 2.15 bits per heavy atom. The number of ketones is 2. The first-order valence-corrected chi connectivity index (χ1v) is 8.66. The Balaban J connectivity index is 1.95. The molecule has 0 aliphatic heterocycles. The van der Waals surface area contributed by atoms with Crippen molar-refractivity contribution >= 4 is 22.9 Å². The fourth-order valence-corrected chi connectivity index (χ4v) is 3.15. The average molecular weight is 354 g/mol. The van der Waals surface area contributed by atoms with Gasteiger partial charge in [0, 0.05) is 35.7 Å². The SMILES string of the molecule is CCOC(CNc1cccc2c1C(=O)c1cccc(N)c1C2=O)OCC. The lowest BCUT2D eigenvalue weighted by molar-refractivity contribution is -0.126. The number of anilines is 2. The number of nitrogens with one attached hydrogen (secondary N) is 1. The largest absolute Gasteiger partial charge is 0.398 e. The summed E-state index contributed by atoms with van der Waals surface area (Å²) in [5, 5.41) is 3.18. The molecule has 0 unspecified atom stereocenters. The highest BCUT2D eigenvalue weighted by Crippen LogP contribution is 2.34. The molecule has 6 nitrogen and oxygen atoms in total. The van der Waals surface area contributed by atoms with Crippen molar-refractivity contribution in [1.82, 2.24) is 0 Å². The predicted molar refractivity (Wildman–Crippen MR) is 99.7 cm³/mol. The van der Waals surface area contributed by atoms with Crippen LogP contribution in [0.1, 0.15) is 45.7 Å². The van der Waals surface area contributed by atoms with Crippen molar-refractivity contribution in [2.75, 3.05) is 30.8 Å². The molecule has 3 N–H and O–H groups in total. The minimum absolute atomic E-state index is 0.214. The second kappa shape index (κ2) is 7.68. The molecule has 0 fully saturated rings. The molecule has 3 rings (SSSR count). The maximum absolute atomic E-state index is 13.0. The second-order valence-electron chi connectivity index (χ2n) is 5.88. The van der Waals surface area contributed by atoms with Gasteiger partial charge in [0.25, 0.3) is 0 Å². The van der Waals surface area contributed by atoms with E-state index in [-0.39, 0.29) is 17.1 Å². The third-order valence-electron chi connectivity index (χ3n) is 4.27. The van der Waals surface area contributed by atoms with E-state index in [1.54, 1.807) is 36.4 Å². The number of hydrogen-bond donors (Lipinski definition) is 2. The van der Waals surface area contributed by atoms with Gasteiger partial charge in [0.05, 0.1) is 17.7 Å². The lowest BCUT2D eigenvalue weighted by Crippen LogP contribution is -2.28. The van der Waals surface area contributed by atoms with E-state index in [0.717, 1.165) is 0 Å². The minimum Gasteiger partial charge on any atom is -0.398 e. The summed E-state index contributed by atoms with van der Waals surface area (Å²) in [6.07, 6.45) is -0.432. The summed E-state index contributed by atoms with van der Waals surface area (Å²) in [6, 6.07) is 10.1. The second-order valence-corrected chi connectivity index (χ2v) is 5.88. The number of nitrogen functional groups attached to an aromatic ring is 1. The van der Waals surface area contributed by atoms with E-state index >= 15 is 0 Å². The first-order chi connectivity index (χ1) is 12.6.